The van der Waals surface area contributed by atoms with Crippen LogP contribution in [0.15, 0.2) is 121 Å². The molecule has 0 spiro atoms. The molecule has 0 aromatic heterocycles. The number of benzene rings is 4. The average molecular weight is 544 g/mol. The van der Waals surface area contributed by atoms with Gasteiger partial charge in [0, 0.05) is 0 Å². The van der Waals surface area contributed by atoms with Crippen LogP contribution in [0, 0.1) is 13.8 Å². The van der Waals surface area contributed by atoms with Crippen molar-refractivity contribution in [2.45, 2.75) is 27.2 Å². The van der Waals surface area contributed by atoms with Crippen molar-refractivity contribution in [3.05, 3.63) is 132 Å². The molecule has 0 radical (unpaired) electrons. The molecule has 6 rings (SSSR count). The van der Waals surface area contributed by atoms with Gasteiger partial charge in [-0.2, -0.15) is 12.1 Å². The van der Waals surface area contributed by atoms with E-state index in [1.54, 1.807) is 24.2 Å². The summed E-state index contributed by atoms with van der Waals surface area (Å²) >= 11 is 1.54. The van der Waals surface area contributed by atoms with Gasteiger partial charge in [0.15, 0.2) is 0 Å². The quantitative estimate of drug-likeness (QED) is 0.195. The molecule has 0 saturated heterocycles. The minimum absolute atomic E-state index is 1.23. The standard InChI is InChI=1S/2C16H13.C3H6.Zr/c2*1-12-10-14-8-5-9-15(16(14)11-12)13-6-3-2-4-7-13;1-3-2;/h2*2-11H,1H3;1H,3H2,2H3;/q2*-1;;+2. The van der Waals surface area contributed by atoms with Crippen molar-refractivity contribution in [1.82, 2.24) is 0 Å². The molecule has 0 atom stereocenters. The van der Waals surface area contributed by atoms with Gasteiger partial charge < -0.3 is 0 Å². The molecule has 0 amide bonds. The monoisotopic (exact) mass is 542 g/mol. The zero-order valence-corrected chi connectivity index (χ0v) is 23.8. The molecule has 0 fully saturated rings. The fourth-order valence-corrected chi connectivity index (χ4v) is 4.51. The Hall–Kier alpha value is -3.15. The van der Waals surface area contributed by atoms with Crippen LogP contribution < -0.4 is 0 Å². The molecule has 1 heteroatoms. The van der Waals surface area contributed by atoms with E-state index in [4.69, 9.17) is 0 Å². The maximum atomic E-state index is 2.26. The minimum Gasteiger partial charge on any atom is -0.165 e. The van der Waals surface area contributed by atoms with E-state index in [-0.39, 0.29) is 0 Å². The summed E-state index contributed by atoms with van der Waals surface area (Å²) < 4.78 is 2.22. The summed E-state index contributed by atoms with van der Waals surface area (Å²) in [4.78, 5) is 0. The van der Waals surface area contributed by atoms with Gasteiger partial charge in [0.05, 0.1) is 0 Å². The maximum Gasteiger partial charge on any atom is -0.0279 e. The predicted molar refractivity (Wildman–Crippen MR) is 156 cm³/mol. The van der Waals surface area contributed by atoms with E-state index in [9.17, 15) is 0 Å². The molecule has 6 aromatic rings. The van der Waals surface area contributed by atoms with E-state index in [1.165, 1.54) is 61.3 Å². The van der Waals surface area contributed by atoms with Crippen molar-refractivity contribution >= 4 is 25.3 Å². The topological polar surface area (TPSA) is 0 Å². The van der Waals surface area contributed by atoms with Crippen LogP contribution in [0.5, 0.6) is 0 Å². The van der Waals surface area contributed by atoms with Crippen LogP contribution >= 0.6 is 0 Å². The Morgan fingerprint density at radius 1 is 0.583 bits per heavy atom. The second-order valence-corrected chi connectivity index (χ2v) is 10.0. The third kappa shape index (κ3) is 6.34. The number of hydrogen-bond acceptors (Lipinski definition) is 0. The van der Waals surface area contributed by atoms with Crippen molar-refractivity contribution in [3.8, 4) is 22.3 Å². The summed E-state index contributed by atoms with van der Waals surface area (Å²) in [5, 5.41) is 5.37. The molecule has 0 aliphatic carbocycles. The van der Waals surface area contributed by atoms with Gasteiger partial charge in [-0.1, -0.05) is 97.8 Å². The van der Waals surface area contributed by atoms with Crippen LogP contribution in [0.4, 0.5) is 0 Å². The van der Waals surface area contributed by atoms with Gasteiger partial charge in [0.25, 0.3) is 0 Å². The van der Waals surface area contributed by atoms with Crippen LogP contribution in [0.25, 0.3) is 43.8 Å². The fraction of sp³-hybridized carbons (Fsp3) is 0.114. The van der Waals surface area contributed by atoms with E-state index in [2.05, 4.69) is 146 Å². The first-order valence-electron chi connectivity index (χ1n) is 12.5. The summed E-state index contributed by atoms with van der Waals surface area (Å²) in [6, 6.07) is 43.1. The van der Waals surface area contributed by atoms with Gasteiger partial charge in [0.2, 0.25) is 0 Å². The van der Waals surface area contributed by atoms with Gasteiger partial charge in [-0.3, -0.25) is 0 Å². The summed E-state index contributed by atoms with van der Waals surface area (Å²) in [6.45, 7) is 6.44. The van der Waals surface area contributed by atoms with Crippen LogP contribution in [0.3, 0.4) is 0 Å². The van der Waals surface area contributed by atoms with Gasteiger partial charge >= 0.3 is 41.3 Å². The van der Waals surface area contributed by atoms with E-state index in [0.29, 0.717) is 0 Å². The summed E-state index contributed by atoms with van der Waals surface area (Å²) in [6.07, 6.45) is 1.23. The Morgan fingerprint density at radius 3 is 1.33 bits per heavy atom. The Labute approximate surface area is 230 Å². The van der Waals surface area contributed by atoms with Crippen molar-refractivity contribution in [2.24, 2.45) is 0 Å². The normalized spacial score (nSPS) is 10.4. The predicted octanol–water partition coefficient (Wildman–Crippen LogP) is 9.81. The van der Waals surface area contributed by atoms with Crippen LogP contribution in [0.2, 0.25) is 0 Å². The molecule has 0 aliphatic rings. The first-order valence-corrected chi connectivity index (χ1v) is 13.9. The molecule has 6 aromatic carbocycles. The van der Waals surface area contributed by atoms with Gasteiger partial charge in [-0.15, -0.1) is 69.1 Å². The fourth-order valence-electron chi connectivity index (χ4n) is 4.51. The van der Waals surface area contributed by atoms with Crippen LogP contribution in [0.1, 0.15) is 24.5 Å². The van der Waals surface area contributed by atoms with Crippen molar-refractivity contribution in [1.29, 1.82) is 0 Å². The smallest absolute Gasteiger partial charge is 0.0279 e. The van der Waals surface area contributed by atoms with E-state index < -0.39 is 0 Å². The molecule has 0 unspecified atom stereocenters. The number of hydrogen-bond donors (Lipinski definition) is 0. The molecular formula is C35H32Zr. The van der Waals surface area contributed by atoms with Gasteiger partial charge in [-0.05, 0) is 11.1 Å². The third-order valence-corrected chi connectivity index (χ3v) is 7.17. The van der Waals surface area contributed by atoms with Crippen LogP contribution in [-0.4, -0.2) is 3.71 Å². The first kappa shape index (κ1) is 25.9. The van der Waals surface area contributed by atoms with Crippen molar-refractivity contribution in [2.75, 3.05) is 0 Å². The molecule has 0 saturated carbocycles. The third-order valence-electron chi connectivity index (χ3n) is 6.16. The minimum atomic E-state index is 1.23. The van der Waals surface area contributed by atoms with E-state index in [1.807, 2.05) is 0 Å². The Kier molecular flexibility index (Phi) is 9.15. The number of rotatable bonds is 3. The molecule has 0 N–H and O–H groups in total. The summed E-state index contributed by atoms with van der Waals surface area (Å²) in [5.41, 5.74) is 7.89. The zero-order valence-electron chi connectivity index (χ0n) is 21.3. The second-order valence-electron chi connectivity index (χ2n) is 9.03. The largest absolute Gasteiger partial charge is 0.165 e. The average Bonchev–Trinajstić information content (AvgIpc) is 3.50. The molecule has 176 valence electrons. The SMILES string of the molecule is CC[CH]=[Zr+2].Cc1cc2c(-c3ccccc3)cccc2[cH-]1.Cc1cc2c(-c3ccccc3)cccc2[cH-]1. The number of fused-ring (bicyclic) bond motifs is 2. The van der Waals surface area contributed by atoms with Crippen molar-refractivity contribution in [3.63, 3.8) is 0 Å². The zero-order chi connectivity index (χ0) is 25.3. The molecule has 0 heterocycles. The molecular weight excluding hydrogens is 512 g/mol. The maximum absolute atomic E-state index is 2.26. The van der Waals surface area contributed by atoms with Crippen LogP contribution in [-0.2, 0) is 24.2 Å². The second kappa shape index (κ2) is 12.7. The molecule has 0 bridgehead atoms. The Morgan fingerprint density at radius 2 is 0.972 bits per heavy atom. The summed E-state index contributed by atoms with van der Waals surface area (Å²) in [5.74, 6) is 0. The number of aryl methyl sites for hydroxylation is 2. The Balaban J connectivity index is 0.000000148. The van der Waals surface area contributed by atoms with Gasteiger partial charge in [-0.25, -0.2) is 0 Å². The van der Waals surface area contributed by atoms with E-state index in [0.717, 1.165) is 0 Å². The summed E-state index contributed by atoms with van der Waals surface area (Å²) in [7, 11) is 0. The molecule has 36 heavy (non-hydrogen) atoms. The van der Waals surface area contributed by atoms with E-state index >= 15 is 0 Å². The molecule has 0 nitrogen and oxygen atoms in total. The molecule has 0 aliphatic heterocycles. The van der Waals surface area contributed by atoms with Gasteiger partial charge in [0.1, 0.15) is 0 Å². The first-order chi connectivity index (χ1) is 17.6. The van der Waals surface area contributed by atoms with Crippen molar-refractivity contribution < 1.29 is 24.2 Å². The Bertz CT molecular complexity index is 1420.